The highest BCUT2D eigenvalue weighted by atomic mass is 32.2. The van der Waals surface area contributed by atoms with Crippen molar-refractivity contribution in [2.45, 2.75) is 11.8 Å². The number of nitro groups is 2. The van der Waals surface area contributed by atoms with E-state index in [1.807, 2.05) is 0 Å². The number of hydrogen-bond donors (Lipinski definition) is 3. The molecule has 44 heavy (non-hydrogen) atoms. The number of aryl methyl sites for hydroxylation is 1. The lowest BCUT2D eigenvalue weighted by Crippen LogP contribution is -2.30. The van der Waals surface area contributed by atoms with Crippen LogP contribution < -0.4 is 16.0 Å². The minimum atomic E-state index is -0.709. The lowest BCUT2D eigenvalue weighted by Gasteiger charge is -2.12. The number of non-ortho nitro benzene ring substituents is 1. The summed E-state index contributed by atoms with van der Waals surface area (Å²) in [7, 11) is 0. The van der Waals surface area contributed by atoms with Crippen molar-refractivity contribution in [2.75, 3.05) is 16.4 Å². The van der Waals surface area contributed by atoms with Crippen LogP contribution in [0, 0.1) is 27.2 Å². The number of nitro benzene ring substituents is 2. The molecule has 0 radical (unpaired) electrons. The van der Waals surface area contributed by atoms with Crippen molar-refractivity contribution in [1.29, 1.82) is 0 Å². The van der Waals surface area contributed by atoms with Crippen molar-refractivity contribution < 1.29 is 24.2 Å². The van der Waals surface area contributed by atoms with E-state index in [-0.39, 0.29) is 34.3 Å². The van der Waals surface area contributed by atoms with Gasteiger partial charge in [0.1, 0.15) is 5.70 Å². The lowest BCUT2D eigenvalue weighted by atomic mass is 10.1. The van der Waals surface area contributed by atoms with Crippen LogP contribution >= 0.6 is 11.8 Å². The van der Waals surface area contributed by atoms with E-state index in [9.17, 15) is 34.6 Å². The van der Waals surface area contributed by atoms with Gasteiger partial charge in [-0.25, -0.2) is 0 Å². The van der Waals surface area contributed by atoms with E-state index < -0.39 is 21.7 Å². The molecule has 0 bridgehead atoms. The monoisotopic (exact) mass is 611 g/mol. The number of amides is 3. The van der Waals surface area contributed by atoms with Crippen molar-refractivity contribution in [3.05, 3.63) is 140 Å². The summed E-state index contributed by atoms with van der Waals surface area (Å²) in [5.74, 6) is -1.60. The molecule has 0 aliphatic heterocycles. The third-order valence-electron chi connectivity index (χ3n) is 6.15. The Bertz CT molecular complexity index is 1760. The number of anilines is 2. The molecule has 222 valence electrons. The Balaban J connectivity index is 1.44. The molecule has 0 atom stereocenters. The molecule has 4 aromatic rings. The summed E-state index contributed by atoms with van der Waals surface area (Å²) in [6, 6.07) is 24.8. The van der Waals surface area contributed by atoms with Crippen molar-refractivity contribution in [3.63, 3.8) is 0 Å². The number of benzene rings is 4. The van der Waals surface area contributed by atoms with Crippen molar-refractivity contribution in [2.24, 2.45) is 0 Å². The second-order valence-electron chi connectivity index (χ2n) is 9.27. The molecule has 3 N–H and O–H groups in total. The highest BCUT2D eigenvalue weighted by Gasteiger charge is 2.18. The van der Waals surface area contributed by atoms with E-state index in [2.05, 4.69) is 16.0 Å². The Labute approximate surface area is 255 Å². The molecule has 0 unspecified atom stereocenters. The van der Waals surface area contributed by atoms with Gasteiger partial charge in [0.05, 0.1) is 26.9 Å². The fourth-order valence-corrected chi connectivity index (χ4v) is 4.60. The van der Waals surface area contributed by atoms with E-state index in [1.165, 1.54) is 48.2 Å². The molecule has 0 fully saturated rings. The molecule has 0 aliphatic carbocycles. The SMILES string of the molecule is Cc1ccc([N+](=O)[O-])cc1NC(=O)CSc1ccc(NC(=O)/C(=C/c2ccccc2[N+](=O)[O-])NC(=O)c2ccccc2)cc1. The Morgan fingerprint density at radius 2 is 1.50 bits per heavy atom. The van der Waals surface area contributed by atoms with Gasteiger partial charge in [0, 0.05) is 34.3 Å². The molecule has 0 saturated carbocycles. The maximum Gasteiger partial charge on any atom is 0.276 e. The van der Waals surface area contributed by atoms with Gasteiger partial charge in [0.2, 0.25) is 5.91 Å². The Morgan fingerprint density at radius 3 is 2.18 bits per heavy atom. The predicted octanol–water partition coefficient (Wildman–Crippen LogP) is 5.95. The molecule has 13 heteroatoms. The summed E-state index contributed by atoms with van der Waals surface area (Å²) >= 11 is 1.22. The number of thioether (sulfide) groups is 1. The van der Waals surface area contributed by atoms with Gasteiger partial charge in [0.15, 0.2) is 0 Å². The topological polar surface area (TPSA) is 174 Å². The van der Waals surface area contributed by atoms with Gasteiger partial charge >= 0.3 is 0 Å². The molecular formula is C31H25N5O7S. The van der Waals surface area contributed by atoms with Gasteiger partial charge in [-0.2, -0.15) is 0 Å². The molecule has 0 aromatic heterocycles. The molecular weight excluding hydrogens is 586 g/mol. The second-order valence-corrected chi connectivity index (χ2v) is 10.3. The molecule has 3 amide bonds. The zero-order valence-corrected chi connectivity index (χ0v) is 24.0. The maximum absolute atomic E-state index is 13.3. The fraction of sp³-hybridized carbons (Fsp3) is 0.0645. The van der Waals surface area contributed by atoms with E-state index in [4.69, 9.17) is 0 Å². The molecule has 4 rings (SSSR count). The molecule has 12 nitrogen and oxygen atoms in total. The maximum atomic E-state index is 13.3. The minimum absolute atomic E-state index is 0.0299. The number of nitrogens with zero attached hydrogens (tertiary/aromatic N) is 2. The summed E-state index contributed by atoms with van der Waals surface area (Å²) < 4.78 is 0. The van der Waals surface area contributed by atoms with Gasteiger partial charge in [-0.05, 0) is 61.0 Å². The van der Waals surface area contributed by atoms with E-state index in [0.717, 1.165) is 0 Å². The van der Waals surface area contributed by atoms with Crippen LogP contribution in [0.25, 0.3) is 6.08 Å². The first-order chi connectivity index (χ1) is 21.1. The number of carbonyl (C=O) groups is 3. The highest BCUT2D eigenvalue weighted by molar-refractivity contribution is 8.00. The third-order valence-corrected chi connectivity index (χ3v) is 7.16. The average Bonchev–Trinajstić information content (AvgIpc) is 3.01. The molecule has 0 heterocycles. The van der Waals surface area contributed by atoms with Crippen LogP contribution in [0.2, 0.25) is 0 Å². The zero-order chi connectivity index (χ0) is 31.6. The number of carbonyl (C=O) groups excluding carboxylic acids is 3. The summed E-state index contributed by atoms with van der Waals surface area (Å²) in [5.41, 5.74) is 1.25. The lowest BCUT2D eigenvalue weighted by molar-refractivity contribution is -0.385. The summed E-state index contributed by atoms with van der Waals surface area (Å²) in [6.45, 7) is 1.73. The molecule has 0 saturated heterocycles. The van der Waals surface area contributed by atoms with Gasteiger partial charge < -0.3 is 16.0 Å². The largest absolute Gasteiger partial charge is 0.325 e. The summed E-state index contributed by atoms with van der Waals surface area (Å²) in [5, 5.41) is 30.5. The normalized spacial score (nSPS) is 10.9. The van der Waals surface area contributed by atoms with Crippen molar-refractivity contribution in [1.82, 2.24) is 5.32 Å². The van der Waals surface area contributed by atoms with E-state index in [0.29, 0.717) is 27.4 Å². The second kappa shape index (κ2) is 14.4. The Kier molecular flexibility index (Phi) is 10.2. The summed E-state index contributed by atoms with van der Waals surface area (Å²) in [4.78, 5) is 60.7. The first kappa shape index (κ1) is 31.1. The van der Waals surface area contributed by atoms with Gasteiger partial charge in [-0.3, -0.25) is 34.6 Å². The molecule has 0 aliphatic rings. The van der Waals surface area contributed by atoms with Gasteiger partial charge in [-0.1, -0.05) is 36.4 Å². The van der Waals surface area contributed by atoms with Gasteiger partial charge in [0.25, 0.3) is 23.2 Å². The minimum Gasteiger partial charge on any atom is -0.325 e. The van der Waals surface area contributed by atoms with Crippen LogP contribution in [0.4, 0.5) is 22.7 Å². The van der Waals surface area contributed by atoms with Crippen LogP contribution in [-0.2, 0) is 9.59 Å². The van der Waals surface area contributed by atoms with Gasteiger partial charge in [-0.15, -0.1) is 11.8 Å². The van der Waals surface area contributed by atoms with E-state index in [1.54, 1.807) is 73.7 Å². The highest BCUT2D eigenvalue weighted by Crippen LogP contribution is 2.25. The van der Waals surface area contributed by atoms with E-state index >= 15 is 0 Å². The van der Waals surface area contributed by atoms with Crippen molar-refractivity contribution in [3.8, 4) is 0 Å². The molecule has 4 aromatic carbocycles. The average molecular weight is 612 g/mol. The van der Waals surface area contributed by atoms with Crippen LogP contribution in [-0.4, -0.2) is 33.3 Å². The quantitative estimate of drug-likeness (QED) is 0.0807. The molecule has 0 spiro atoms. The smallest absolute Gasteiger partial charge is 0.276 e. The summed E-state index contributed by atoms with van der Waals surface area (Å²) in [6.07, 6.45) is 1.24. The van der Waals surface area contributed by atoms with Crippen LogP contribution in [0.15, 0.2) is 108 Å². The number of hydrogen-bond acceptors (Lipinski definition) is 8. The Hall–Kier alpha value is -5.82. The first-order valence-corrected chi connectivity index (χ1v) is 14.0. The standard InChI is InChI=1S/C31H25N5O7S/c1-20-11-14-24(35(40)41)18-26(20)33-29(37)19-44-25-15-12-23(13-16-25)32-31(39)27(34-30(38)21-7-3-2-4-8-21)17-22-9-5-6-10-28(22)36(42)43/h2-18H,19H2,1H3,(H,32,39)(H,33,37)(H,34,38)/b27-17-. The predicted molar refractivity (Wildman–Crippen MR) is 167 cm³/mol. The fourth-order valence-electron chi connectivity index (χ4n) is 3.90. The zero-order valence-electron chi connectivity index (χ0n) is 23.2. The first-order valence-electron chi connectivity index (χ1n) is 13.0. The third kappa shape index (κ3) is 8.36. The van der Waals surface area contributed by atoms with Crippen LogP contribution in [0.1, 0.15) is 21.5 Å². The van der Waals surface area contributed by atoms with Crippen LogP contribution in [0.3, 0.4) is 0 Å². The van der Waals surface area contributed by atoms with Crippen LogP contribution in [0.5, 0.6) is 0 Å². The Morgan fingerprint density at radius 1 is 0.818 bits per heavy atom. The number of rotatable bonds is 11. The van der Waals surface area contributed by atoms with Crippen molar-refractivity contribution >= 4 is 58.3 Å². The number of nitrogens with one attached hydrogen (secondary N) is 3. The number of para-hydroxylation sites is 1.